The molecular weight excluding hydrogens is 425 g/mol. The summed E-state index contributed by atoms with van der Waals surface area (Å²) in [6.07, 6.45) is 2.13. The molecule has 0 bridgehead atoms. The molecule has 1 aliphatic carbocycles. The molecule has 10 heteroatoms. The Kier molecular flexibility index (Phi) is 4.20. The Bertz CT molecular complexity index is 1370. The number of aromatic nitrogens is 3. The van der Waals surface area contributed by atoms with Crippen molar-refractivity contribution in [2.24, 2.45) is 13.0 Å². The topological polar surface area (TPSA) is 104 Å². The van der Waals surface area contributed by atoms with Gasteiger partial charge >= 0.3 is 0 Å². The summed E-state index contributed by atoms with van der Waals surface area (Å²) in [4.78, 5) is 31.1. The lowest BCUT2D eigenvalue weighted by atomic mass is 9.99. The highest BCUT2D eigenvalue weighted by Crippen LogP contribution is 2.43. The van der Waals surface area contributed by atoms with Crippen molar-refractivity contribution in [2.75, 3.05) is 29.6 Å². The molecule has 0 radical (unpaired) electrons. The van der Waals surface area contributed by atoms with Crippen LogP contribution in [-0.2, 0) is 18.4 Å². The minimum absolute atomic E-state index is 0.0338. The van der Waals surface area contributed by atoms with Gasteiger partial charge in [0.2, 0.25) is 5.91 Å². The molecule has 3 heterocycles. The third-order valence-electron chi connectivity index (χ3n) is 5.82. The third kappa shape index (κ3) is 3.77. The number of aryl methyl sites for hydroxylation is 1. The minimum Gasteiger partial charge on any atom is -0.368 e. The molecule has 0 unspecified atom stereocenters. The second-order valence-electron chi connectivity index (χ2n) is 8.28. The van der Waals surface area contributed by atoms with Crippen LogP contribution >= 0.6 is 0 Å². The van der Waals surface area contributed by atoms with E-state index in [1.807, 2.05) is 48.7 Å². The van der Waals surface area contributed by atoms with Gasteiger partial charge in [-0.05, 0) is 12.5 Å². The molecule has 1 saturated carbocycles. The number of carbonyl (C=O) groups is 2. The van der Waals surface area contributed by atoms with Crippen LogP contribution in [0.4, 0.5) is 27.3 Å². The van der Waals surface area contributed by atoms with E-state index in [-0.39, 0.29) is 23.5 Å². The number of alkyl halides is 1. The van der Waals surface area contributed by atoms with Crippen LogP contribution in [0, 0.1) is 5.92 Å². The summed E-state index contributed by atoms with van der Waals surface area (Å²) in [5, 5.41) is 12.3. The molecule has 2 aromatic heterocycles. The molecule has 3 aromatic rings. The molecule has 2 amide bonds. The van der Waals surface area contributed by atoms with E-state index in [2.05, 4.69) is 20.7 Å². The number of hydrogen-bond acceptors (Lipinski definition) is 6. The first kappa shape index (κ1) is 17.6. The zero-order valence-corrected chi connectivity index (χ0v) is 18.0. The van der Waals surface area contributed by atoms with E-state index >= 15 is 0 Å². The standard InChI is InChI=1S/C23H24FN7O2/c1-25-22(32)15-9-26-19(28-23(33)14-7-16(14)24)8-18(15)27-17-6-4-5-13-20-12(11-31(3)29-20)10-30(2)21(13)17/h4-6,8-9,11,14,16H,7,10H2,1-3H3,(H,25,32)(H2,26,27,28,33)/t14-,16-/m0/s1/i1D3. The van der Waals surface area contributed by atoms with Crippen LogP contribution in [0.1, 0.15) is 26.5 Å². The number of para-hydroxylation sites is 1. The van der Waals surface area contributed by atoms with Crippen molar-refractivity contribution in [3.63, 3.8) is 0 Å². The third-order valence-corrected chi connectivity index (χ3v) is 5.82. The second kappa shape index (κ2) is 7.88. The quantitative estimate of drug-likeness (QED) is 0.550. The number of nitrogens with one attached hydrogen (secondary N) is 3. The van der Waals surface area contributed by atoms with Gasteiger partial charge in [0.25, 0.3) is 5.91 Å². The molecule has 33 heavy (non-hydrogen) atoms. The van der Waals surface area contributed by atoms with E-state index in [1.54, 1.807) is 4.68 Å². The largest absolute Gasteiger partial charge is 0.368 e. The Morgan fingerprint density at radius 3 is 2.85 bits per heavy atom. The summed E-state index contributed by atoms with van der Waals surface area (Å²) in [6, 6.07) is 7.05. The number of rotatable bonds is 5. The molecule has 5 rings (SSSR count). The van der Waals surface area contributed by atoms with E-state index in [0.717, 1.165) is 22.5 Å². The van der Waals surface area contributed by atoms with Gasteiger partial charge in [-0.3, -0.25) is 14.3 Å². The van der Waals surface area contributed by atoms with Gasteiger partial charge in [-0.2, -0.15) is 5.10 Å². The van der Waals surface area contributed by atoms with Gasteiger partial charge in [-0.1, -0.05) is 12.1 Å². The minimum atomic E-state index is -2.70. The smallest absolute Gasteiger partial charge is 0.254 e. The lowest BCUT2D eigenvalue weighted by Gasteiger charge is -2.29. The zero-order chi connectivity index (χ0) is 25.8. The van der Waals surface area contributed by atoms with Gasteiger partial charge in [0.15, 0.2) is 0 Å². The maximum absolute atomic E-state index is 13.3. The molecule has 9 nitrogen and oxygen atoms in total. The van der Waals surface area contributed by atoms with Crippen molar-refractivity contribution in [3.8, 4) is 11.3 Å². The Hall–Kier alpha value is -3.95. The lowest BCUT2D eigenvalue weighted by Crippen LogP contribution is -2.23. The van der Waals surface area contributed by atoms with Gasteiger partial charge in [0, 0.05) is 61.3 Å². The van der Waals surface area contributed by atoms with Crippen molar-refractivity contribution in [1.29, 1.82) is 0 Å². The van der Waals surface area contributed by atoms with Gasteiger partial charge in [-0.25, -0.2) is 9.37 Å². The van der Waals surface area contributed by atoms with Crippen LogP contribution in [0.5, 0.6) is 0 Å². The highest BCUT2D eigenvalue weighted by Gasteiger charge is 2.43. The summed E-state index contributed by atoms with van der Waals surface area (Å²) in [7, 11) is 3.79. The number of benzene rings is 1. The predicted octanol–water partition coefficient (Wildman–Crippen LogP) is 2.83. The summed E-state index contributed by atoms with van der Waals surface area (Å²) >= 11 is 0. The number of carbonyl (C=O) groups excluding carboxylic acids is 2. The first-order chi connectivity index (χ1) is 17.0. The lowest BCUT2D eigenvalue weighted by molar-refractivity contribution is -0.117. The molecular formula is C23H24FN7O2. The SMILES string of the molecule is [2H]C([2H])([2H])NC(=O)c1cnc(NC(=O)[C@H]2C[C@@H]2F)cc1Nc1cccc2c1N(C)Cc1cn(C)nc1-2. The van der Waals surface area contributed by atoms with Gasteiger partial charge in [0.05, 0.1) is 34.2 Å². The highest BCUT2D eigenvalue weighted by molar-refractivity contribution is 6.02. The molecule has 2 atom stereocenters. The maximum atomic E-state index is 13.3. The molecule has 0 saturated heterocycles. The average Bonchev–Trinajstić information content (AvgIpc) is 3.40. The van der Waals surface area contributed by atoms with E-state index < -0.39 is 30.9 Å². The number of nitrogens with zero attached hydrogens (tertiary/aromatic N) is 4. The first-order valence-electron chi connectivity index (χ1n) is 11.9. The van der Waals surface area contributed by atoms with Crippen molar-refractivity contribution in [2.45, 2.75) is 19.1 Å². The van der Waals surface area contributed by atoms with E-state index in [0.29, 0.717) is 12.2 Å². The van der Waals surface area contributed by atoms with Gasteiger partial charge in [-0.15, -0.1) is 0 Å². The molecule has 3 N–H and O–H groups in total. The summed E-state index contributed by atoms with van der Waals surface area (Å²) in [5.41, 5.74) is 4.49. The Morgan fingerprint density at radius 1 is 1.27 bits per heavy atom. The molecule has 1 fully saturated rings. The maximum Gasteiger partial charge on any atom is 0.254 e. The fraction of sp³-hybridized carbons (Fsp3) is 0.304. The fourth-order valence-electron chi connectivity index (χ4n) is 4.14. The predicted molar refractivity (Wildman–Crippen MR) is 123 cm³/mol. The monoisotopic (exact) mass is 452 g/mol. The average molecular weight is 453 g/mol. The Labute approximate surface area is 194 Å². The van der Waals surface area contributed by atoms with Crippen molar-refractivity contribution < 1.29 is 18.1 Å². The Balaban J connectivity index is 1.53. The van der Waals surface area contributed by atoms with E-state index in [9.17, 15) is 14.0 Å². The number of halogens is 1. The molecule has 1 aliphatic heterocycles. The fourth-order valence-corrected chi connectivity index (χ4v) is 4.14. The van der Waals surface area contributed by atoms with Crippen LogP contribution in [0.25, 0.3) is 11.3 Å². The van der Waals surface area contributed by atoms with Gasteiger partial charge in [0.1, 0.15) is 12.0 Å². The van der Waals surface area contributed by atoms with Crippen LogP contribution in [0.2, 0.25) is 0 Å². The number of anilines is 4. The zero-order valence-electron chi connectivity index (χ0n) is 21.0. The van der Waals surface area contributed by atoms with Crippen molar-refractivity contribution in [1.82, 2.24) is 20.1 Å². The van der Waals surface area contributed by atoms with E-state index in [4.69, 9.17) is 4.11 Å². The number of hydrogen-bond donors (Lipinski definition) is 3. The van der Waals surface area contributed by atoms with Crippen LogP contribution in [-0.4, -0.2) is 46.8 Å². The molecule has 2 aliphatic rings. The molecule has 1 aromatic carbocycles. The second-order valence-corrected chi connectivity index (χ2v) is 8.28. The van der Waals surface area contributed by atoms with Crippen LogP contribution in [0.3, 0.4) is 0 Å². The number of pyridine rings is 1. The van der Waals surface area contributed by atoms with Crippen molar-refractivity contribution >= 4 is 34.7 Å². The first-order valence-corrected chi connectivity index (χ1v) is 10.4. The Morgan fingerprint density at radius 2 is 2.09 bits per heavy atom. The highest BCUT2D eigenvalue weighted by atomic mass is 19.1. The number of fused-ring (bicyclic) bond motifs is 3. The van der Waals surface area contributed by atoms with E-state index in [1.165, 1.54) is 12.3 Å². The van der Waals surface area contributed by atoms with Gasteiger partial charge < -0.3 is 20.9 Å². The summed E-state index contributed by atoms with van der Waals surface area (Å²) in [6.45, 7) is -2.09. The van der Waals surface area contributed by atoms with Crippen LogP contribution in [0.15, 0.2) is 36.7 Å². The molecule has 0 spiro atoms. The molecule has 170 valence electrons. The summed E-state index contributed by atoms with van der Waals surface area (Å²) < 4.78 is 37.2. The normalized spacial score (nSPS) is 20.0. The van der Waals surface area contributed by atoms with Crippen molar-refractivity contribution in [3.05, 3.63) is 47.8 Å². The van der Waals surface area contributed by atoms with Crippen LogP contribution < -0.4 is 20.9 Å². The summed E-state index contributed by atoms with van der Waals surface area (Å²) in [5.74, 6) is -1.97. The number of amides is 2.